The minimum Gasteiger partial charge on any atom is -0.497 e. The molecule has 0 aliphatic heterocycles. The van der Waals surface area contributed by atoms with Gasteiger partial charge < -0.3 is 19.3 Å². The average Bonchev–Trinajstić information content (AvgIpc) is 2.41. The maximum Gasteiger partial charge on any atom is 0.411 e. The molecule has 1 rings (SSSR count). The molecule has 120 valence electrons. The Labute approximate surface area is 121 Å². The summed E-state index contributed by atoms with van der Waals surface area (Å²) < 4.78 is 50.6. The van der Waals surface area contributed by atoms with E-state index in [4.69, 9.17) is 9.47 Å². The van der Waals surface area contributed by atoms with Crippen molar-refractivity contribution in [2.24, 2.45) is 0 Å². The number of aliphatic hydroxyl groups excluding tert-OH is 1. The number of benzene rings is 1. The lowest BCUT2D eigenvalue weighted by atomic mass is 10.1. The van der Waals surface area contributed by atoms with Gasteiger partial charge in [-0.05, 0) is 19.1 Å². The molecule has 1 unspecified atom stereocenters. The number of rotatable bonds is 8. The smallest absolute Gasteiger partial charge is 0.411 e. The van der Waals surface area contributed by atoms with Crippen LogP contribution in [0.3, 0.4) is 0 Å². The van der Waals surface area contributed by atoms with Crippen LogP contribution in [0.25, 0.3) is 0 Å². The molecule has 0 aromatic heterocycles. The van der Waals surface area contributed by atoms with Gasteiger partial charge in [0, 0.05) is 18.1 Å². The average molecular weight is 308 g/mol. The zero-order chi connectivity index (χ0) is 15.9. The summed E-state index contributed by atoms with van der Waals surface area (Å²) >= 11 is 0. The third-order valence-corrected chi connectivity index (χ3v) is 2.63. The van der Waals surface area contributed by atoms with Gasteiger partial charge in [0.25, 0.3) is 0 Å². The number of alkyl halides is 3. The van der Waals surface area contributed by atoms with Gasteiger partial charge >= 0.3 is 6.18 Å². The van der Waals surface area contributed by atoms with Crippen molar-refractivity contribution in [3.8, 4) is 11.5 Å². The molecule has 0 radical (unpaired) electrons. The van der Waals surface area contributed by atoms with E-state index in [1.807, 2.05) is 0 Å². The van der Waals surface area contributed by atoms with Gasteiger partial charge in [-0.2, -0.15) is 13.2 Å². The Morgan fingerprint density at radius 1 is 1.24 bits per heavy atom. The van der Waals surface area contributed by atoms with Crippen LogP contribution in [0.4, 0.5) is 13.2 Å². The van der Waals surface area contributed by atoms with E-state index in [0.717, 1.165) is 0 Å². The number of halogens is 3. The van der Waals surface area contributed by atoms with Crippen LogP contribution < -0.4 is 9.47 Å². The number of methoxy groups -OCH3 is 1. The number of ether oxygens (including phenoxy) is 3. The maximum atomic E-state index is 11.9. The first-order chi connectivity index (χ1) is 9.83. The SMILES string of the molecule is COc1ccc(C(C)O)c(OCCCOCC(F)(F)F)c1. The molecule has 0 aliphatic rings. The first-order valence-corrected chi connectivity index (χ1v) is 6.47. The fourth-order valence-electron chi connectivity index (χ4n) is 1.64. The molecule has 1 aromatic rings. The molecule has 0 saturated heterocycles. The second-order valence-electron chi connectivity index (χ2n) is 4.45. The van der Waals surface area contributed by atoms with Crippen molar-refractivity contribution in [1.29, 1.82) is 0 Å². The first-order valence-electron chi connectivity index (χ1n) is 6.47. The highest BCUT2D eigenvalue weighted by molar-refractivity contribution is 5.41. The lowest BCUT2D eigenvalue weighted by Crippen LogP contribution is -2.18. The highest BCUT2D eigenvalue weighted by atomic mass is 19.4. The summed E-state index contributed by atoms with van der Waals surface area (Å²) in [7, 11) is 1.51. The molecule has 1 N–H and O–H groups in total. The van der Waals surface area contributed by atoms with Gasteiger partial charge in [-0.3, -0.25) is 0 Å². The Kier molecular flexibility index (Phi) is 6.77. The highest BCUT2D eigenvalue weighted by Gasteiger charge is 2.27. The number of aliphatic hydroxyl groups is 1. The predicted molar refractivity (Wildman–Crippen MR) is 70.6 cm³/mol. The molecule has 21 heavy (non-hydrogen) atoms. The fraction of sp³-hybridized carbons (Fsp3) is 0.571. The Morgan fingerprint density at radius 3 is 2.52 bits per heavy atom. The Balaban J connectivity index is 2.43. The molecule has 0 amide bonds. The van der Waals surface area contributed by atoms with Crippen molar-refractivity contribution in [2.45, 2.75) is 25.6 Å². The van der Waals surface area contributed by atoms with Crippen LogP contribution in [0.15, 0.2) is 18.2 Å². The molecule has 0 aliphatic carbocycles. The van der Waals surface area contributed by atoms with Gasteiger partial charge in [0.2, 0.25) is 0 Å². The Morgan fingerprint density at radius 2 is 1.95 bits per heavy atom. The largest absolute Gasteiger partial charge is 0.497 e. The molecule has 4 nitrogen and oxygen atoms in total. The fourth-order valence-corrected chi connectivity index (χ4v) is 1.64. The Hall–Kier alpha value is -1.47. The van der Waals surface area contributed by atoms with Crippen LogP contribution in [0.1, 0.15) is 25.0 Å². The van der Waals surface area contributed by atoms with Crippen molar-refractivity contribution in [3.05, 3.63) is 23.8 Å². The zero-order valence-corrected chi connectivity index (χ0v) is 11.9. The predicted octanol–water partition coefficient (Wildman–Crippen LogP) is 3.10. The molecule has 0 heterocycles. The van der Waals surface area contributed by atoms with E-state index in [1.54, 1.807) is 25.1 Å². The summed E-state index contributed by atoms with van der Waals surface area (Å²) in [5.41, 5.74) is 0.590. The van der Waals surface area contributed by atoms with Crippen LogP contribution in [0, 0.1) is 0 Å². The van der Waals surface area contributed by atoms with Gasteiger partial charge in [0.1, 0.15) is 18.1 Å². The van der Waals surface area contributed by atoms with Gasteiger partial charge in [0.15, 0.2) is 0 Å². The Bertz CT molecular complexity index is 433. The summed E-state index contributed by atoms with van der Waals surface area (Å²) in [5, 5.41) is 9.63. The van der Waals surface area contributed by atoms with E-state index >= 15 is 0 Å². The second kappa shape index (κ2) is 8.09. The van der Waals surface area contributed by atoms with Crippen molar-refractivity contribution < 1.29 is 32.5 Å². The highest BCUT2D eigenvalue weighted by Crippen LogP contribution is 2.29. The van der Waals surface area contributed by atoms with Crippen LogP contribution in [-0.2, 0) is 4.74 Å². The second-order valence-corrected chi connectivity index (χ2v) is 4.45. The van der Waals surface area contributed by atoms with E-state index < -0.39 is 18.9 Å². The van der Waals surface area contributed by atoms with E-state index in [9.17, 15) is 18.3 Å². The van der Waals surface area contributed by atoms with E-state index in [1.165, 1.54) is 7.11 Å². The monoisotopic (exact) mass is 308 g/mol. The summed E-state index contributed by atoms with van der Waals surface area (Å²) in [6.45, 7) is 0.477. The third-order valence-electron chi connectivity index (χ3n) is 2.63. The van der Waals surface area contributed by atoms with Crippen molar-refractivity contribution >= 4 is 0 Å². The van der Waals surface area contributed by atoms with E-state index in [2.05, 4.69) is 4.74 Å². The van der Waals surface area contributed by atoms with Crippen LogP contribution >= 0.6 is 0 Å². The third kappa shape index (κ3) is 6.68. The van der Waals surface area contributed by atoms with Crippen LogP contribution in [0.5, 0.6) is 11.5 Å². The molecule has 1 atom stereocenters. The van der Waals surface area contributed by atoms with Crippen LogP contribution in [-0.4, -0.2) is 38.2 Å². The van der Waals surface area contributed by atoms with Crippen molar-refractivity contribution in [3.63, 3.8) is 0 Å². The van der Waals surface area contributed by atoms with Crippen molar-refractivity contribution in [1.82, 2.24) is 0 Å². The van der Waals surface area contributed by atoms with Gasteiger partial charge in [-0.1, -0.05) is 0 Å². The maximum absolute atomic E-state index is 11.9. The number of hydrogen-bond donors (Lipinski definition) is 1. The van der Waals surface area contributed by atoms with Gasteiger partial charge in [0.05, 0.1) is 26.4 Å². The standard InChI is InChI=1S/C14H19F3O4/c1-10(18)12-5-4-11(19-2)8-13(12)21-7-3-6-20-9-14(15,16)17/h4-5,8,10,18H,3,6-7,9H2,1-2H3. The van der Waals surface area contributed by atoms with Crippen molar-refractivity contribution in [2.75, 3.05) is 26.9 Å². The summed E-state index contributed by atoms with van der Waals surface area (Å²) in [5.74, 6) is 1.02. The van der Waals surface area contributed by atoms with Crippen LogP contribution in [0.2, 0.25) is 0 Å². The van der Waals surface area contributed by atoms with Gasteiger partial charge in [-0.25, -0.2) is 0 Å². The lowest BCUT2D eigenvalue weighted by molar-refractivity contribution is -0.174. The van der Waals surface area contributed by atoms with E-state index in [-0.39, 0.29) is 13.2 Å². The lowest BCUT2D eigenvalue weighted by Gasteiger charge is -2.15. The molecular weight excluding hydrogens is 289 g/mol. The first kappa shape index (κ1) is 17.6. The molecule has 7 heteroatoms. The number of hydrogen-bond acceptors (Lipinski definition) is 4. The molecule has 0 bridgehead atoms. The summed E-state index contributed by atoms with van der Waals surface area (Å²) in [6, 6.07) is 5.00. The minimum atomic E-state index is -4.31. The summed E-state index contributed by atoms with van der Waals surface area (Å²) in [4.78, 5) is 0. The molecule has 1 aromatic carbocycles. The minimum absolute atomic E-state index is 0.0481. The molecular formula is C14H19F3O4. The zero-order valence-electron chi connectivity index (χ0n) is 11.9. The summed E-state index contributed by atoms with van der Waals surface area (Å²) in [6.07, 6.45) is -4.72. The molecule has 0 saturated carbocycles. The molecule has 0 fully saturated rings. The molecule has 0 spiro atoms. The van der Waals surface area contributed by atoms with E-state index in [0.29, 0.717) is 23.5 Å². The van der Waals surface area contributed by atoms with Gasteiger partial charge in [-0.15, -0.1) is 0 Å². The topological polar surface area (TPSA) is 47.9 Å². The normalized spacial score (nSPS) is 13.0. The quantitative estimate of drug-likeness (QED) is 0.750.